The van der Waals surface area contributed by atoms with E-state index in [0.29, 0.717) is 11.6 Å². The summed E-state index contributed by atoms with van der Waals surface area (Å²) in [4.78, 5) is 14.8. The Morgan fingerprint density at radius 1 is 1.54 bits per heavy atom. The fourth-order valence-electron chi connectivity index (χ4n) is 1.06. The number of nitrogens with zero attached hydrogens (tertiary/aromatic N) is 1. The third-order valence-electron chi connectivity index (χ3n) is 1.98. The number of anilines is 1. The maximum Gasteiger partial charge on any atom is 0.250 e. The van der Waals surface area contributed by atoms with Gasteiger partial charge in [-0.2, -0.15) is 0 Å². The number of hydrogen-bond donors (Lipinski definition) is 2. The Morgan fingerprint density at radius 3 is 2.77 bits per heavy atom. The third kappa shape index (κ3) is 1.96. The van der Waals surface area contributed by atoms with E-state index in [0.717, 1.165) is 5.82 Å². The van der Waals surface area contributed by atoms with Crippen molar-refractivity contribution in [3.05, 3.63) is 23.9 Å². The first-order valence-electron chi connectivity index (χ1n) is 4.28. The predicted octanol–water partition coefficient (Wildman–Crippen LogP) is 0.755. The number of carbonyl (C=O) groups excluding carboxylic acids is 1. The van der Waals surface area contributed by atoms with E-state index in [4.69, 9.17) is 5.73 Å². The Labute approximate surface area is 76.2 Å². The van der Waals surface area contributed by atoms with E-state index >= 15 is 0 Å². The van der Waals surface area contributed by atoms with E-state index in [1.807, 2.05) is 0 Å². The Morgan fingerprint density at radius 2 is 2.31 bits per heavy atom. The second-order valence-electron chi connectivity index (χ2n) is 3.21. The standard InChI is InChI=1S/C9H11N3O/c10-9(13)6-1-4-8(11-5-6)12-7-2-3-7/h1,4-5,7H,2-3H2,(H2,10,13)(H,11,12). The van der Waals surface area contributed by atoms with Crippen LogP contribution in [0.25, 0.3) is 0 Å². The Balaban J connectivity index is 2.08. The minimum absolute atomic E-state index is 0.439. The molecule has 1 aromatic heterocycles. The number of amides is 1. The summed E-state index contributed by atoms with van der Waals surface area (Å²) in [5, 5.41) is 3.22. The van der Waals surface area contributed by atoms with Crippen molar-refractivity contribution in [2.45, 2.75) is 18.9 Å². The lowest BCUT2D eigenvalue weighted by atomic mass is 10.3. The van der Waals surface area contributed by atoms with Gasteiger partial charge in [-0.05, 0) is 25.0 Å². The van der Waals surface area contributed by atoms with Crippen molar-refractivity contribution in [1.82, 2.24) is 4.98 Å². The first-order valence-corrected chi connectivity index (χ1v) is 4.28. The van der Waals surface area contributed by atoms with Crippen LogP contribution in [-0.4, -0.2) is 16.9 Å². The Bertz CT molecular complexity index is 316. The van der Waals surface area contributed by atoms with Crippen LogP contribution in [0.15, 0.2) is 18.3 Å². The van der Waals surface area contributed by atoms with Crippen LogP contribution in [0, 0.1) is 0 Å². The summed E-state index contributed by atoms with van der Waals surface area (Å²) in [5.74, 6) is 0.373. The van der Waals surface area contributed by atoms with Gasteiger partial charge in [0.25, 0.3) is 0 Å². The van der Waals surface area contributed by atoms with Crippen molar-refractivity contribution in [1.29, 1.82) is 0 Å². The molecule has 0 saturated heterocycles. The molecule has 3 N–H and O–H groups in total. The molecule has 4 nitrogen and oxygen atoms in total. The van der Waals surface area contributed by atoms with E-state index in [-0.39, 0.29) is 0 Å². The third-order valence-corrected chi connectivity index (χ3v) is 1.98. The topological polar surface area (TPSA) is 68.0 Å². The molecule has 1 saturated carbocycles. The van der Waals surface area contributed by atoms with Crippen LogP contribution < -0.4 is 11.1 Å². The van der Waals surface area contributed by atoms with E-state index in [1.165, 1.54) is 19.0 Å². The summed E-state index contributed by atoms with van der Waals surface area (Å²) in [7, 11) is 0. The number of hydrogen-bond acceptors (Lipinski definition) is 3. The number of nitrogens with one attached hydrogen (secondary N) is 1. The van der Waals surface area contributed by atoms with Crippen molar-refractivity contribution in [3.8, 4) is 0 Å². The number of primary amides is 1. The second-order valence-corrected chi connectivity index (χ2v) is 3.21. The predicted molar refractivity (Wildman–Crippen MR) is 49.4 cm³/mol. The summed E-state index contributed by atoms with van der Waals surface area (Å²) in [6.07, 6.45) is 3.91. The van der Waals surface area contributed by atoms with Gasteiger partial charge in [0, 0.05) is 12.2 Å². The molecule has 0 bridgehead atoms. The lowest BCUT2D eigenvalue weighted by molar-refractivity contribution is 0.1000. The summed E-state index contributed by atoms with van der Waals surface area (Å²) < 4.78 is 0. The molecule has 1 aromatic rings. The minimum atomic E-state index is -0.439. The Kier molecular flexibility index (Phi) is 1.88. The van der Waals surface area contributed by atoms with Crippen LogP contribution in [0.5, 0.6) is 0 Å². The molecule has 68 valence electrons. The maximum atomic E-state index is 10.7. The van der Waals surface area contributed by atoms with Gasteiger partial charge >= 0.3 is 0 Å². The van der Waals surface area contributed by atoms with E-state index in [9.17, 15) is 4.79 Å². The van der Waals surface area contributed by atoms with E-state index < -0.39 is 5.91 Å². The molecule has 0 aliphatic heterocycles. The fraction of sp³-hybridized carbons (Fsp3) is 0.333. The number of nitrogens with two attached hydrogens (primary N) is 1. The maximum absolute atomic E-state index is 10.7. The number of rotatable bonds is 3. The molecule has 1 heterocycles. The highest BCUT2D eigenvalue weighted by Crippen LogP contribution is 2.23. The first-order chi connectivity index (χ1) is 6.25. The summed E-state index contributed by atoms with van der Waals surface area (Å²) >= 11 is 0. The van der Waals surface area contributed by atoms with Gasteiger partial charge in [0.1, 0.15) is 5.82 Å². The zero-order valence-electron chi connectivity index (χ0n) is 7.16. The summed E-state index contributed by atoms with van der Waals surface area (Å²) in [5.41, 5.74) is 5.52. The van der Waals surface area contributed by atoms with Crippen molar-refractivity contribution < 1.29 is 4.79 Å². The molecule has 1 aliphatic carbocycles. The Hall–Kier alpha value is -1.58. The highest BCUT2D eigenvalue weighted by Gasteiger charge is 2.20. The SMILES string of the molecule is NC(=O)c1ccc(NC2CC2)nc1. The molecule has 4 heteroatoms. The van der Waals surface area contributed by atoms with Crippen LogP contribution in [0.3, 0.4) is 0 Å². The molecule has 2 rings (SSSR count). The van der Waals surface area contributed by atoms with Gasteiger partial charge in [0.15, 0.2) is 0 Å². The largest absolute Gasteiger partial charge is 0.367 e. The van der Waals surface area contributed by atoms with Gasteiger partial charge in [0.2, 0.25) is 5.91 Å². The zero-order valence-corrected chi connectivity index (χ0v) is 7.16. The van der Waals surface area contributed by atoms with Crippen LogP contribution in [-0.2, 0) is 0 Å². The van der Waals surface area contributed by atoms with Crippen molar-refractivity contribution >= 4 is 11.7 Å². The van der Waals surface area contributed by atoms with Gasteiger partial charge in [0.05, 0.1) is 5.56 Å². The van der Waals surface area contributed by atoms with Gasteiger partial charge in [-0.25, -0.2) is 4.98 Å². The molecule has 0 aromatic carbocycles. The molecule has 0 radical (unpaired) electrons. The monoisotopic (exact) mass is 177 g/mol. The van der Waals surface area contributed by atoms with Crippen LogP contribution in [0.1, 0.15) is 23.2 Å². The molecule has 0 unspecified atom stereocenters. The fourth-order valence-corrected chi connectivity index (χ4v) is 1.06. The average Bonchev–Trinajstić information content (AvgIpc) is 2.89. The van der Waals surface area contributed by atoms with Gasteiger partial charge in [-0.3, -0.25) is 4.79 Å². The molecular formula is C9H11N3O. The normalized spacial score (nSPS) is 15.4. The quantitative estimate of drug-likeness (QED) is 0.716. The number of pyridine rings is 1. The van der Waals surface area contributed by atoms with Crippen LogP contribution >= 0.6 is 0 Å². The second kappa shape index (κ2) is 3.05. The van der Waals surface area contributed by atoms with Gasteiger partial charge in [-0.15, -0.1) is 0 Å². The van der Waals surface area contributed by atoms with E-state index in [2.05, 4.69) is 10.3 Å². The average molecular weight is 177 g/mol. The molecule has 13 heavy (non-hydrogen) atoms. The molecule has 0 spiro atoms. The van der Waals surface area contributed by atoms with Gasteiger partial charge < -0.3 is 11.1 Å². The molecule has 1 fully saturated rings. The molecular weight excluding hydrogens is 166 g/mol. The van der Waals surface area contributed by atoms with Crippen molar-refractivity contribution in [2.24, 2.45) is 5.73 Å². The van der Waals surface area contributed by atoms with Crippen LogP contribution in [0.4, 0.5) is 5.82 Å². The highest BCUT2D eigenvalue weighted by atomic mass is 16.1. The first kappa shape index (κ1) is 8.04. The highest BCUT2D eigenvalue weighted by molar-refractivity contribution is 5.92. The lowest BCUT2D eigenvalue weighted by Crippen LogP contribution is -2.11. The van der Waals surface area contributed by atoms with Crippen LogP contribution in [0.2, 0.25) is 0 Å². The van der Waals surface area contributed by atoms with E-state index in [1.54, 1.807) is 12.1 Å². The van der Waals surface area contributed by atoms with Crippen molar-refractivity contribution in [3.63, 3.8) is 0 Å². The smallest absolute Gasteiger partial charge is 0.250 e. The minimum Gasteiger partial charge on any atom is -0.367 e. The zero-order chi connectivity index (χ0) is 9.26. The lowest BCUT2D eigenvalue weighted by Gasteiger charge is -2.02. The molecule has 1 aliphatic rings. The number of aromatic nitrogens is 1. The summed E-state index contributed by atoms with van der Waals surface area (Å²) in [6.45, 7) is 0. The number of carbonyl (C=O) groups is 1. The van der Waals surface area contributed by atoms with Gasteiger partial charge in [-0.1, -0.05) is 0 Å². The molecule has 1 amide bonds. The molecule has 0 atom stereocenters. The van der Waals surface area contributed by atoms with Crippen molar-refractivity contribution in [2.75, 3.05) is 5.32 Å². The summed E-state index contributed by atoms with van der Waals surface area (Å²) in [6, 6.07) is 4.03.